The van der Waals surface area contributed by atoms with Crippen LogP contribution in [0.1, 0.15) is 25.0 Å². The fraction of sp³-hybridized carbons (Fsp3) is 0.381. The first kappa shape index (κ1) is 19.8. The molecule has 5 nitrogen and oxygen atoms in total. The Labute approximate surface area is 155 Å². The third kappa shape index (κ3) is 5.77. The molecule has 5 heteroatoms. The summed E-state index contributed by atoms with van der Waals surface area (Å²) in [6.45, 7) is 5.62. The van der Waals surface area contributed by atoms with Crippen LogP contribution in [0.15, 0.2) is 48.5 Å². The molecule has 0 aliphatic heterocycles. The molecule has 0 bridgehead atoms. The minimum Gasteiger partial charge on any atom is -0.493 e. The van der Waals surface area contributed by atoms with Gasteiger partial charge in [-0.15, -0.1) is 0 Å². The topological polar surface area (TPSA) is 50.8 Å². The number of carbonyl (C=O) groups is 1. The van der Waals surface area contributed by atoms with E-state index in [1.54, 1.807) is 19.2 Å². The predicted molar refractivity (Wildman–Crippen MR) is 103 cm³/mol. The van der Waals surface area contributed by atoms with Crippen molar-refractivity contribution in [1.29, 1.82) is 0 Å². The molecule has 140 valence electrons. The Hall–Kier alpha value is -2.53. The number of para-hydroxylation sites is 2. The molecule has 2 aromatic rings. The van der Waals surface area contributed by atoms with Crippen molar-refractivity contribution in [1.82, 2.24) is 10.2 Å². The van der Waals surface area contributed by atoms with Crippen LogP contribution in [0.4, 0.5) is 0 Å². The Bertz CT molecular complexity index is 716. The number of amides is 1. The summed E-state index contributed by atoms with van der Waals surface area (Å²) in [5, 5.41) is 2.93. The molecule has 1 N–H and O–H groups in total. The SMILES string of the molecule is COc1ccccc1OCC(=O)NCc1ccccc1CN(C)C(C)C. The second-order valence-corrected chi connectivity index (χ2v) is 6.49. The molecule has 0 saturated heterocycles. The minimum atomic E-state index is -0.164. The smallest absolute Gasteiger partial charge is 0.258 e. The van der Waals surface area contributed by atoms with Gasteiger partial charge in [0.25, 0.3) is 5.91 Å². The van der Waals surface area contributed by atoms with Gasteiger partial charge in [0, 0.05) is 19.1 Å². The van der Waals surface area contributed by atoms with Crippen LogP contribution in [0, 0.1) is 0 Å². The largest absolute Gasteiger partial charge is 0.493 e. The molecular formula is C21H28N2O3. The molecular weight excluding hydrogens is 328 g/mol. The number of ether oxygens (including phenoxy) is 2. The van der Waals surface area contributed by atoms with E-state index in [4.69, 9.17) is 9.47 Å². The van der Waals surface area contributed by atoms with Crippen LogP contribution in [0.5, 0.6) is 11.5 Å². The molecule has 0 radical (unpaired) electrons. The number of carbonyl (C=O) groups excluding carboxylic acids is 1. The van der Waals surface area contributed by atoms with E-state index in [9.17, 15) is 4.79 Å². The molecule has 0 unspecified atom stereocenters. The summed E-state index contributed by atoms with van der Waals surface area (Å²) in [5.74, 6) is 1.01. The van der Waals surface area contributed by atoms with Crippen molar-refractivity contribution in [2.75, 3.05) is 20.8 Å². The lowest BCUT2D eigenvalue weighted by Crippen LogP contribution is -2.30. The monoisotopic (exact) mass is 356 g/mol. The molecule has 0 aliphatic carbocycles. The molecule has 0 saturated carbocycles. The molecule has 0 fully saturated rings. The van der Waals surface area contributed by atoms with Crippen molar-refractivity contribution in [3.8, 4) is 11.5 Å². The van der Waals surface area contributed by atoms with Gasteiger partial charge in [-0.2, -0.15) is 0 Å². The van der Waals surface area contributed by atoms with E-state index >= 15 is 0 Å². The zero-order valence-electron chi connectivity index (χ0n) is 16.0. The normalized spacial score (nSPS) is 10.8. The third-order valence-electron chi connectivity index (χ3n) is 4.32. The van der Waals surface area contributed by atoms with Crippen LogP contribution in [-0.4, -0.2) is 37.6 Å². The number of hydrogen-bond donors (Lipinski definition) is 1. The van der Waals surface area contributed by atoms with E-state index < -0.39 is 0 Å². The van der Waals surface area contributed by atoms with Crippen LogP contribution >= 0.6 is 0 Å². The number of nitrogens with zero attached hydrogens (tertiary/aromatic N) is 1. The Morgan fingerprint density at radius 3 is 2.31 bits per heavy atom. The Balaban J connectivity index is 1.89. The lowest BCUT2D eigenvalue weighted by Gasteiger charge is -2.22. The Morgan fingerprint density at radius 2 is 1.65 bits per heavy atom. The van der Waals surface area contributed by atoms with Crippen molar-refractivity contribution >= 4 is 5.91 Å². The summed E-state index contributed by atoms with van der Waals surface area (Å²) in [5.41, 5.74) is 2.33. The number of benzene rings is 2. The van der Waals surface area contributed by atoms with Crippen LogP contribution in [-0.2, 0) is 17.9 Å². The second kappa shape index (κ2) is 9.82. The van der Waals surface area contributed by atoms with Gasteiger partial charge in [-0.3, -0.25) is 9.69 Å². The summed E-state index contributed by atoms with van der Waals surface area (Å²) in [6, 6.07) is 15.9. The van der Waals surface area contributed by atoms with Gasteiger partial charge in [-0.05, 0) is 44.2 Å². The van der Waals surface area contributed by atoms with Gasteiger partial charge < -0.3 is 14.8 Å². The Kier molecular flexibility index (Phi) is 7.48. The van der Waals surface area contributed by atoms with Gasteiger partial charge in [0.2, 0.25) is 0 Å². The van der Waals surface area contributed by atoms with Crippen molar-refractivity contribution in [3.63, 3.8) is 0 Å². The average molecular weight is 356 g/mol. The van der Waals surface area contributed by atoms with Gasteiger partial charge in [0.15, 0.2) is 18.1 Å². The molecule has 26 heavy (non-hydrogen) atoms. The molecule has 0 spiro atoms. The molecule has 0 aromatic heterocycles. The summed E-state index contributed by atoms with van der Waals surface area (Å²) in [7, 11) is 3.68. The van der Waals surface area contributed by atoms with Crippen molar-refractivity contribution < 1.29 is 14.3 Å². The van der Waals surface area contributed by atoms with Crippen molar-refractivity contribution in [2.45, 2.75) is 33.0 Å². The van der Waals surface area contributed by atoms with E-state index in [0.29, 0.717) is 24.1 Å². The zero-order chi connectivity index (χ0) is 18.9. The fourth-order valence-corrected chi connectivity index (χ4v) is 2.46. The maximum absolute atomic E-state index is 12.1. The van der Waals surface area contributed by atoms with E-state index in [2.05, 4.69) is 37.2 Å². The molecule has 0 heterocycles. The second-order valence-electron chi connectivity index (χ2n) is 6.49. The predicted octanol–water partition coefficient (Wildman–Crippen LogP) is 3.23. The summed E-state index contributed by atoms with van der Waals surface area (Å²) in [4.78, 5) is 14.4. The highest BCUT2D eigenvalue weighted by Gasteiger charge is 2.10. The summed E-state index contributed by atoms with van der Waals surface area (Å²) >= 11 is 0. The average Bonchev–Trinajstić information content (AvgIpc) is 2.65. The fourth-order valence-electron chi connectivity index (χ4n) is 2.46. The first-order valence-corrected chi connectivity index (χ1v) is 8.80. The number of methoxy groups -OCH3 is 1. The molecule has 2 aromatic carbocycles. The van der Waals surface area contributed by atoms with Gasteiger partial charge in [-0.1, -0.05) is 36.4 Å². The Morgan fingerprint density at radius 1 is 1.04 bits per heavy atom. The van der Waals surface area contributed by atoms with Crippen LogP contribution in [0.3, 0.4) is 0 Å². The zero-order valence-corrected chi connectivity index (χ0v) is 16.0. The molecule has 0 aliphatic rings. The van der Waals surface area contributed by atoms with E-state index in [1.807, 2.05) is 30.3 Å². The molecule has 0 atom stereocenters. The van der Waals surface area contributed by atoms with Gasteiger partial charge in [0.05, 0.1) is 7.11 Å². The number of rotatable bonds is 9. The van der Waals surface area contributed by atoms with Crippen molar-refractivity contribution in [3.05, 3.63) is 59.7 Å². The number of nitrogens with one attached hydrogen (secondary N) is 1. The molecule has 2 rings (SSSR count). The van der Waals surface area contributed by atoms with Crippen LogP contribution in [0.2, 0.25) is 0 Å². The van der Waals surface area contributed by atoms with Crippen LogP contribution in [0.25, 0.3) is 0 Å². The molecule has 1 amide bonds. The third-order valence-corrected chi connectivity index (χ3v) is 4.32. The maximum Gasteiger partial charge on any atom is 0.258 e. The van der Waals surface area contributed by atoms with E-state index in [1.165, 1.54) is 5.56 Å². The summed E-state index contributed by atoms with van der Waals surface area (Å²) in [6.07, 6.45) is 0. The lowest BCUT2D eigenvalue weighted by atomic mass is 10.1. The first-order valence-electron chi connectivity index (χ1n) is 8.80. The maximum atomic E-state index is 12.1. The van der Waals surface area contributed by atoms with Gasteiger partial charge in [-0.25, -0.2) is 0 Å². The van der Waals surface area contributed by atoms with E-state index in [-0.39, 0.29) is 12.5 Å². The highest BCUT2D eigenvalue weighted by atomic mass is 16.5. The van der Waals surface area contributed by atoms with Gasteiger partial charge >= 0.3 is 0 Å². The quantitative estimate of drug-likeness (QED) is 0.749. The lowest BCUT2D eigenvalue weighted by molar-refractivity contribution is -0.123. The van der Waals surface area contributed by atoms with Gasteiger partial charge in [0.1, 0.15) is 0 Å². The first-order chi connectivity index (χ1) is 12.5. The summed E-state index contributed by atoms with van der Waals surface area (Å²) < 4.78 is 10.8. The number of hydrogen-bond acceptors (Lipinski definition) is 4. The standard InChI is InChI=1S/C21H28N2O3/c1-16(2)23(3)14-18-10-6-5-9-17(18)13-22-21(24)15-26-20-12-8-7-11-19(20)25-4/h5-12,16H,13-15H2,1-4H3,(H,22,24). The highest BCUT2D eigenvalue weighted by Crippen LogP contribution is 2.25. The van der Waals surface area contributed by atoms with Crippen LogP contribution < -0.4 is 14.8 Å². The minimum absolute atomic E-state index is 0.0472. The van der Waals surface area contributed by atoms with E-state index in [0.717, 1.165) is 12.1 Å². The van der Waals surface area contributed by atoms with Crippen molar-refractivity contribution in [2.24, 2.45) is 0 Å². The highest BCUT2D eigenvalue weighted by molar-refractivity contribution is 5.77.